The third kappa shape index (κ3) is 7.55. The summed E-state index contributed by atoms with van der Waals surface area (Å²) < 4.78 is 16.5. The number of rotatable bonds is 14. The van der Waals surface area contributed by atoms with E-state index >= 15 is 0 Å². The molecule has 1 saturated heterocycles. The Kier molecular flexibility index (Phi) is 11.0. The summed E-state index contributed by atoms with van der Waals surface area (Å²) in [5, 5.41) is 10.8. The molecule has 3 N–H and O–H groups in total. The highest BCUT2D eigenvalue weighted by molar-refractivity contribution is 6.39. The summed E-state index contributed by atoms with van der Waals surface area (Å²) in [6.45, 7) is 2.44. The number of carbonyl (C=O) groups excluding carboxylic acids is 1. The van der Waals surface area contributed by atoms with Crippen LogP contribution in [0.3, 0.4) is 0 Å². The van der Waals surface area contributed by atoms with Crippen molar-refractivity contribution in [2.75, 3.05) is 34.5 Å². The van der Waals surface area contributed by atoms with Crippen molar-refractivity contribution in [3.05, 3.63) is 70.2 Å². The lowest BCUT2D eigenvalue weighted by Gasteiger charge is -2.35. The SMILES string of the molecule is COC[C@H]1C[C@@H](NCc2ncc(-c3cccc(-c4cccc(-c5cnc(CNC[C@@H]6CCC(=O)N6)c(OC)n5)c4Cl)c3Cl)nc2OC)C1. The van der Waals surface area contributed by atoms with E-state index in [1.807, 2.05) is 36.4 Å². The zero-order chi connectivity index (χ0) is 33.6. The van der Waals surface area contributed by atoms with Crippen LogP contribution in [0.4, 0.5) is 0 Å². The van der Waals surface area contributed by atoms with Gasteiger partial charge in [0, 0.05) is 74.1 Å². The number of carbonyl (C=O) groups is 1. The number of hydrogen-bond donors (Lipinski definition) is 3. The average molecular weight is 693 g/mol. The maximum atomic E-state index is 11.5. The van der Waals surface area contributed by atoms with Crippen LogP contribution in [-0.2, 0) is 22.6 Å². The van der Waals surface area contributed by atoms with Gasteiger partial charge in [-0.05, 0) is 25.2 Å². The Bertz CT molecular complexity index is 1770. The number of amides is 1. The largest absolute Gasteiger partial charge is 0.480 e. The molecule has 3 heterocycles. The minimum atomic E-state index is 0.0861. The van der Waals surface area contributed by atoms with E-state index in [-0.39, 0.29) is 11.9 Å². The Morgan fingerprint density at radius 2 is 1.40 bits per heavy atom. The summed E-state index contributed by atoms with van der Waals surface area (Å²) in [7, 11) is 4.90. The number of nitrogens with zero attached hydrogens (tertiary/aromatic N) is 4. The molecule has 2 aromatic heterocycles. The second-order valence-electron chi connectivity index (χ2n) is 12.1. The number of aromatic nitrogens is 4. The fourth-order valence-electron chi connectivity index (χ4n) is 6.21. The van der Waals surface area contributed by atoms with Crippen LogP contribution in [0, 0.1) is 5.92 Å². The molecule has 6 rings (SSSR count). The molecule has 48 heavy (non-hydrogen) atoms. The van der Waals surface area contributed by atoms with Crippen LogP contribution in [-0.4, -0.2) is 72.4 Å². The maximum Gasteiger partial charge on any atom is 0.237 e. The predicted molar refractivity (Wildman–Crippen MR) is 185 cm³/mol. The predicted octanol–water partition coefficient (Wildman–Crippen LogP) is 5.47. The second kappa shape index (κ2) is 15.6. The summed E-state index contributed by atoms with van der Waals surface area (Å²) in [4.78, 5) is 30.3. The molecule has 1 saturated carbocycles. The molecule has 13 heteroatoms. The van der Waals surface area contributed by atoms with Crippen molar-refractivity contribution in [1.82, 2.24) is 35.9 Å². The van der Waals surface area contributed by atoms with Crippen LogP contribution in [0.1, 0.15) is 37.1 Å². The first-order valence-electron chi connectivity index (χ1n) is 16.0. The van der Waals surface area contributed by atoms with E-state index in [0.29, 0.717) is 88.0 Å². The molecule has 1 aliphatic heterocycles. The van der Waals surface area contributed by atoms with Crippen LogP contribution in [0.2, 0.25) is 10.0 Å². The summed E-state index contributed by atoms with van der Waals surface area (Å²) in [5.74, 6) is 1.54. The number of benzene rings is 2. The van der Waals surface area contributed by atoms with E-state index in [1.165, 1.54) is 0 Å². The first-order valence-corrected chi connectivity index (χ1v) is 16.7. The van der Waals surface area contributed by atoms with Gasteiger partial charge in [0.2, 0.25) is 17.7 Å². The van der Waals surface area contributed by atoms with Crippen molar-refractivity contribution < 1.29 is 19.0 Å². The number of ether oxygens (including phenoxy) is 3. The minimum absolute atomic E-state index is 0.0861. The van der Waals surface area contributed by atoms with Crippen molar-refractivity contribution in [2.24, 2.45) is 5.92 Å². The zero-order valence-corrected chi connectivity index (χ0v) is 28.7. The summed E-state index contributed by atoms with van der Waals surface area (Å²) >= 11 is 14.1. The fourth-order valence-corrected chi connectivity index (χ4v) is 6.86. The van der Waals surface area contributed by atoms with E-state index in [0.717, 1.165) is 42.7 Å². The topological polar surface area (TPSA) is 132 Å². The lowest BCUT2D eigenvalue weighted by Crippen LogP contribution is -2.42. The molecule has 0 spiro atoms. The van der Waals surface area contributed by atoms with Crippen LogP contribution in [0.5, 0.6) is 11.8 Å². The highest BCUT2D eigenvalue weighted by Crippen LogP contribution is 2.42. The van der Waals surface area contributed by atoms with Crippen LogP contribution < -0.4 is 25.4 Å². The molecule has 0 radical (unpaired) electrons. The first-order chi connectivity index (χ1) is 23.4. The average Bonchev–Trinajstić information content (AvgIpc) is 3.50. The Hall–Kier alpha value is -3.87. The summed E-state index contributed by atoms with van der Waals surface area (Å²) in [5.41, 5.74) is 5.42. The Morgan fingerprint density at radius 1 is 0.833 bits per heavy atom. The van der Waals surface area contributed by atoms with Crippen LogP contribution in [0.15, 0.2) is 48.8 Å². The quantitative estimate of drug-likeness (QED) is 0.156. The van der Waals surface area contributed by atoms with Crippen molar-refractivity contribution in [1.29, 1.82) is 0 Å². The number of hydrogen-bond acceptors (Lipinski definition) is 10. The third-order valence-corrected chi connectivity index (χ3v) is 9.63. The smallest absolute Gasteiger partial charge is 0.237 e. The Morgan fingerprint density at radius 3 is 1.92 bits per heavy atom. The molecule has 1 amide bonds. The van der Waals surface area contributed by atoms with Gasteiger partial charge in [-0.1, -0.05) is 59.6 Å². The fraction of sp³-hybridized carbons (Fsp3) is 0.400. The molecule has 2 aliphatic rings. The van der Waals surface area contributed by atoms with Gasteiger partial charge in [-0.2, -0.15) is 0 Å². The lowest BCUT2D eigenvalue weighted by atomic mass is 9.81. The molecule has 1 aliphatic carbocycles. The molecular formula is C35H39Cl2N7O4. The summed E-state index contributed by atoms with van der Waals surface area (Å²) in [6.07, 6.45) is 6.95. The van der Waals surface area contributed by atoms with Gasteiger partial charge in [-0.25, -0.2) is 9.97 Å². The van der Waals surface area contributed by atoms with Gasteiger partial charge < -0.3 is 30.2 Å². The highest BCUT2D eigenvalue weighted by Gasteiger charge is 2.29. The minimum Gasteiger partial charge on any atom is -0.480 e. The van der Waals surface area contributed by atoms with E-state index in [4.69, 9.17) is 47.4 Å². The van der Waals surface area contributed by atoms with E-state index in [9.17, 15) is 4.79 Å². The highest BCUT2D eigenvalue weighted by atomic mass is 35.5. The van der Waals surface area contributed by atoms with Gasteiger partial charge in [-0.15, -0.1) is 0 Å². The van der Waals surface area contributed by atoms with Gasteiger partial charge in [-0.3, -0.25) is 14.8 Å². The van der Waals surface area contributed by atoms with Gasteiger partial charge in [0.05, 0.1) is 48.0 Å². The molecule has 2 fully saturated rings. The summed E-state index contributed by atoms with van der Waals surface area (Å²) in [6, 6.07) is 12.0. The van der Waals surface area contributed by atoms with Crippen LogP contribution >= 0.6 is 23.2 Å². The maximum absolute atomic E-state index is 11.5. The molecule has 11 nitrogen and oxygen atoms in total. The molecule has 0 bridgehead atoms. The number of halogens is 2. The standard InChI is InChI=1S/C35H39Cl2N7O4/c1-46-19-20-12-22(13-20)39-18-30-35(48-3)44-28(17-41-30)26-9-5-7-24(33(26)37)23-6-4-8-25(32(23)36)27-16-40-29(34(43-27)47-2)15-38-14-21-10-11-31(45)42-21/h4-9,16-17,20-22,38-39H,10-15,18-19H2,1-3H3,(H,42,45)/t20-,21-,22+/m0/s1. The Balaban J connectivity index is 1.20. The monoisotopic (exact) mass is 691 g/mol. The van der Waals surface area contributed by atoms with Crippen molar-refractivity contribution in [3.8, 4) is 45.4 Å². The van der Waals surface area contributed by atoms with Crippen LogP contribution in [0.25, 0.3) is 33.6 Å². The number of nitrogens with one attached hydrogen (secondary N) is 3. The van der Waals surface area contributed by atoms with Crippen molar-refractivity contribution in [2.45, 2.75) is 50.9 Å². The normalized spacial score (nSPS) is 18.8. The molecular weight excluding hydrogens is 653 g/mol. The molecule has 1 atom stereocenters. The first kappa shape index (κ1) is 34.0. The lowest BCUT2D eigenvalue weighted by molar-refractivity contribution is -0.119. The van der Waals surface area contributed by atoms with Gasteiger partial charge in [0.25, 0.3) is 0 Å². The molecule has 0 unspecified atom stereocenters. The van der Waals surface area contributed by atoms with Gasteiger partial charge >= 0.3 is 0 Å². The van der Waals surface area contributed by atoms with E-state index < -0.39 is 0 Å². The van der Waals surface area contributed by atoms with Gasteiger partial charge in [0.1, 0.15) is 11.4 Å². The second-order valence-corrected chi connectivity index (χ2v) is 12.8. The van der Waals surface area contributed by atoms with Gasteiger partial charge in [0.15, 0.2) is 0 Å². The van der Waals surface area contributed by atoms with E-state index in [1.54, 1.807) is 33.7 Å². The molecule has 2 aromatic carbocycles. The Labute approximate surface area is 290 Å². The van der Waals surface area contributed by atoms with E-state index in [2.05, 4.69) is 25.9 Å². The van der Waals surface area contributed by atoms with Crippen molar-refractivity contribution >= 4 is 29.1 Å². The molecule has 4 aromatic rings. The number of methoxy groups -OCH3 is 3. The molecule has 252 valence electrons. The van der Waals surface area contributed by atoms with Crippen molar-refractivity contribution in [3.63, 3.8) is 0 Å². The zero-order valence-electron chi connectivity index (χ0n) is 27.2. The third-order valence-electron chi connectivity index (χ3n) is 8.81.